The summed E-state index contributed by atoms with van der Waals surface area (Å²) in [6.07, 6.45) is 8.09. The van der Waals surface area contributed by atoms with Gasteiger partial charge in [-0.15, -0.1) is 0 Å². The topological polar surface area (TPSA) is 88.3 Å². The van der Waals surface area contributed by atoms with Gasteiger partial charge in [0.05, 0.1) is 19.0 Å². The highest BCUT2D eigenvalue weighted by Crippen LogP contribution is 2.05. The number of rotatable bonds is 9. The van der Waals surface area contributed by atoms with Gasteiger partial charge < -0.3 is 14.6 Å². The van der Waals surface area contributed by atoms with Crippen molar-refractivity contribution in [2.75, 3.05) is 13.1 Å². The van der Waals surface area contributed by atoms with Crippen molar-refractivity contribution in [2.24, 2.45) is 0 Å². The first-order chi connectivity index (χ1) is 11.7. The molecule has 0 saturated carbocycles. The number of carbonyl (C=O) groups is 2. The third-order valence-corrected chi connectivity index (χ3v) is 3.50. The molecule has 0 bridgehead atoms. The number of unbranched alkanes of at least 4 members (excludes halogenated alkanes) is 1. The molecular weight excluding hydrogens is 308 g/mol. The molecule has 0 aliphatic rings. The summed E-state index contributed by atoms with van der Waals surface area (Å²) in [5.41, 5.74) is 0.296. The van der Waals surface area contributed by atoms with E-state index in [4.69, 9.17) is 4.42 Å². The minimum Gasteiger partial charge on any atom is -0.467 e. The lowest BCUT2D eigenvalue weighted by molar-refractivity contribution is -0.121. The number of furan rings is 1. The molecule has 0 spiro atoms. The van der Waals surface area contributed by atoms with E-state index < -0.39 is 0 Å². The van der Waals surface area contributed by atoms with Gasteiger partial charge in [-0.05, 0) is 18.6 Å². The van der Waals surface area contributed by atoms with Gasteiger partial charge in [0.1, 0.15) is 11.5 Å². The van der Waals surface area contributed by atoms with Crippen LogP contribution in [0, 0.1) is 0 Å². The van der Waals surface area contributed by atoms with Gasteiger partial charge in [-0.1, -0.05) is 13.3 Å². The van der Waals surface area contributed by atoms with Crippen LogP contribution in [0.2, 0.25) is 0 Å². The molecule has 2 aromatic heterocycles. The minimum atomic E-state index is -0.199. The summed E-state index contributed by atoms with van der Waals surface area (Å²) in [5.74, 6) is 0.372. The smallest absolute Gasteiger partial charge is 0.274 e. The van der Waals surface area contributed by atoms with E-state index in [1.807, 2.05) is 0 Å². The first-order valence-corrected chi connectivity index (χ1v) is 8.05. The van der Waals surface area contributed by atoms with Crippen molar-refractivity contribution in [2.45, 2.75) is 32.7 Å². The lowest BCUT2D eigenvalue weighted by Crippen LogP contribution is -2.36. The molecular formula is C17H22N4O3. The molecule has 0 fully saturated rings. The average molecular weight is 330 g/mol. The standard InChI is InChI=1S/C17H22N4O3/c1-2-3-9-21(17(23)15-13-18-7-8-19-15)10-6-16(22)20-12-14-5-4-11-24-14/h4-5,7-8,11,13H,2-3,6,9-10,12H2,1H3,(H,20,22). The van der Waals surface area contributed by atoms with Gasteiger partial charge in [0.25, 0.3) is 5.91 Å². The molecule has 0 aromatic carbocycles. The molecule has 128 valence electrons. The molecule has 24 heavy (non-hydrogen) atoms. The van der Waals surface area contributed by atoms with Crippen LogP contribution in [0.4, 0.5) is 0 Å². The normalized spacial score (nSPS) is 10.4. The van der Waals surface area contributed by atoms with Crippen molar-refractivity contribution >= 4 is 11.8 Å². The Balaban J connectivity index is 1.86. The lowest BCUT2D eigenvalue weighted by Gasteiger charge is -2.21. The third kappa shape index (κ3) is 5.49. The Morgan fingerprint density at radius 2 is 2.17 bits per heavy atom. The SMILES string of the molecule is CCCCN(CCC(=O)NCc1ccco1)C(=O)c1cnccn1. The second-order valence-electron chi connectivity index (χ2n) is 5.34. The number of carbonyl (C=O) groups excluding carboxylic acids is 2. The molecule has 7 nitrogen and oxygen atoms in total. The van der Waals surface area contributed by atoms with E-state index in [0.717, 1.165) is 12.8 Å². The summed E-state index contributed by atoms with van der Waals surface area (Å²) in [4.78, 5) is 34.1. The van der Waals surface area contributed by atoms with Crippen LogP contribution in [0.1, 0.15) is 42.4 Å². The number of aromatic nitrogens is 2. The zero-order chi connectivity index (χ0) is 17.2. The predicted octanol–water partition coefficient (Wildman–Crippen LogP) is 2.02. The Labute approximate surface area is 141 Å². The molecule has 0 radical (unpaired) electrons. The Morgan fingerprint density at radius 1 is 1.29 bits per heavy atom. The van der Waals surface area contributed by atoms with Crippen molar-refractivity contribution in [1.29, 1.82) is 0 Å². The Bertz CT molecular complexity index is 629. The molecule has 0 saturated heterocycles. The monoisotopic (exact) mass is 330 g/mol. The first kappa shape index (κ1) is 17.7. The van der Waals surface area contributed by atoms with Gasteiger partial charge in [0.15, 0.2) is 0 Å². The fraction of sp³-hybridized carbons (Fsp3) is 0.412. The summed E-state index contributed by atoms with van der Waals surface area (Å²) >= 11 is 0. The van der Waals surface area contributed by atoms with Gasteiger partial charge in [0.2, 0.25) is 5.91 Å². The number of hydrogen-bond acceptors (Lipinski definition) is 5. The van der Waals surface area contributed by atoms with Crippen LogP contribution in [0.25, 0.3) is 0 Å². The van der Waals surface area contributed by atoms with Crippen LogP contribution in [0.3, 0.4) is 0 Å². The molecule has 7 heteroatoms. The van der Waals surface area contributed by atoms with Crippen LogP contribution >= 0.6 is 0 Å². The molecule has 2 amide bonds. The van der Waals surface area contributed by atoms with Gasteiger partial charge in [-0.3, -0.25) is 14.6 Å². The van der Waals surface area contributed by atoms with E-state index in [9.17, 15) is 9.59 Å². The van der Waals surface area contributed by atoms with Gasteiger partial charge >= 0.3 is 0 Å². The molecule has 1 N–H and O–H groups in total. The summed E-state index contributed by atoms with van der Waals surface area (Å²) in [5, 5.41) is 2.78. The Kier molecular flexibility index (Phi) is 6.94. The van der Waals surface area contributed by atoms with Crippen LogP contribution in [0.15, 0.2) is 41.4 Å². The zero-order valence-corrected chi connectivity index (χ0v) is 13.8. The van der Waals surface area contributed by atoms with Crippen molar-refractivity contribution in [3.05, 3.63) is 48.4 Å². The van der Waals surface area contributed by atoms with Gasteiger partial charge in [0, 0.05) is 31.9 Å². The maximum atomic E-state index is 12.5. The van der Waals surface area contributed by atoms with E-state index >= 15 is 0 Å². The zero-order valence-electron chi connectivity index (χ0n) is 13.8. The summed E-state index contributed by atoms with van der Waals surface area (Å²) in [7, 11) is 0. The molecule has 2 aromatic rings. The largest absolute Gasteiger partial charge is 0.467 e. The fourth-order valence-electron chi connectivity index (χ4n) is 2.16. The van der Waals surface area contributed by atoms with Gasteiger partial charge in [-0.2, -0.15) is 0 Å². The summed E-state index contributed by atoms with van der Waals surface area (Å²) < 4.78 is 5.16. The molecule has 2 rings (SSSR count). The number of amides is 2. The van der Waals surface area contributed by atoms with Crippen LogP contribution in [-0.4, -0.2) is 39.8 Å². The number of hydrogen-bond donors (Lipinski definition) is 1. The fourth-order valence-corrected chi connectivity index (χ4v) is 2.16. The minimum absolute atomic E-state index is 0.125. The van der Waals surface area contributed by atoms with Crippen LogP contribution in [-0.2, 0) is 11.3 Å². The van der Waals surface area contributed by atoms with Crippen molar-refractivity contribution in [3.63, 3.8) is 0 Å². The maximum Gasteiger partial charge on any atom is 0.274 e. The quantitative estimate of drug-likeness (QED) is 0.760. The molecule has 0 aliphatic carbocycles. The second kappa shape index (κ2) is 9.44. The van der Waals surface area contributed by atoms with E-state index in [-0.39, 0.29) is 18.2 Å². The highest BCUT2D eigenvalue weighted by molar-refractivity contribution is 5.92. The van der Waals surface area contributed by atoms with E-state index in [0.29, 0.717) is 31.1 Å². The summed E-state index contributed by atoms with van der Waals surface area (Å²) in [6.45, 7) is 3.34. The Morgan fingerprint density at radius 3 is 2.83 bits per heavy atom. The predicted molar refractivity (Wildman–Crippen MR) is 88.0 cm³/mol. The first-order valence-electron chi connectivity index (χ1n) is 8.05. The summed E-state index contributed by atoms with van der Waals surface area (Å²) in [6, 6.07) is 3.57. The number of nitrogens with zero attached hydrogens (tertiary/aromatic N) is 3. The van der Waals surface area contributed by atoms with Crippen LogP contribution in [0.5, 0.6) is 0 Å². The van der Waals surface area contributed by atoms with Gasteiger partial charge in [-0.25, -0.2) is 4.98 Å². The highest BCUT2D eigenvalue weighted by Gasteiger charge is 2.17. The number of nitrogens with one attached hydrogen (secondary N) is 1. The second-order valence-corrected chi connectivity index (χ2v) is 5.34. The average Bonchev–Trinajstić information content (AvgIpc) is 3.14. The third-order valence-electron chi connectivity index (χ3n) is 3.50. The lowest BCUT2D eigenvalue weighted by atomic mass is 10.2. The molecule has 0 unspecified atom stereocenters. The van der Waals surface area contributed by atoms with Crippen LogP contribution < -0.4 is 5.32 Å². The van der Waals surface area contributed by atoms with E-state index in [1.54, 1.807) is 23.3 Å². The highest BCUT2D eigenvalue weighted by atomic mass is 16.3. The van der Waals surface area contributed by atoms with E-state index in [2.05, 4.69) is 22.2 Å². The molecule has 0 aliphatic heterocycles. The van der Waals surface area contributed by atoms with Crippen molar-refractivity contribution < 1.29 is 14.0 Å². The Hall–Kier alpha value is -2.70. The van der Waals surface area contributed by atoms with E-state index in [1.165, 1.54) is 18.6 Å². The van der Waals surface area contributed by atoms with Crippen molar-refractivity contribution in [1.82, 2.24) is 20.2 Å². The van der Waals surface area contributed by atoms with Crippen molar-refractivity contribution in [3.8, 4) is 0 Å². The maximum absolute atomic E-state index is 12.5. The molecule has 2 heterocycles. The molecule has 0 atom stereocenters.